The van der Waals surface area contributed by atoms with Crippen LogP contribution in [0.5, 0.6) is 0 Å². The molecule has 1 aliphatic rings. The molecule has 0 saturated carbocycles. The third-order valence-corrected chi connectivity index (χ3v) is 3.01. The molecule has 1 nitrogen and oxygen atoms in total. The number of rotatable bonds is 3. The van der Waals surface area contributed by atoms with Crippen molar-refractivity contribution in [2.24, 2.45) is 0 Å². The molecule has 0 amide bonds. The molecule has 1 rings (SSSR count). The van der Waals surface area contributed by atoms with Gasteiger partial charge in [-0.15, -0.1) is 0 Å². The van der Waals surface area contributed by atoms with Crippen molar-refractivity contribution in [3.63, 3.8) is 0 Å². The highest BCUT2D eigenvalue weighted by atomic mass is 32.2. The lowest BCUT2D eigenvalue weighted by Crippen LogP contribution is -2.28. The van der Waals surface area contributed by atoms with Crippen LogP contribution in [0.4, 0.5) is 0 Å². The SMILES string of the molecule is CC(C)=CCNC1CCSC1. The molecule has 0 radical (unpaired) electrons. The van der Waals surface area contributed by atoms with Gasteiger partial charge in [-0.1, -0.05) is 11.6 Å². The van der Waals surface area contributed by atoms with Crippen molar-refractivity contribution < 1.29 is 0 Å². The summed E-state index contributed by atoms with van der Waals surface area (Å²) in [5.74, 6) is 2.64. The monoisotopic (exact) mass is 171 g/mol. The average Bonchev–Trinajstić information content (AvgIpc) is 2.39. The van der Waals surface area contributed by atoms with E-state index in [4.69, 9.17) is 0 Å². The Hall–Kier alpha value is 0.0500. The van der Waals surface area contributed by atoms with E-state index in [1.807, 2.05) is 0 Å². The molecule has 0 aromatic heterocycles. The quantitative estimate of drug-likeness (QED) is 0.652. The van der Waals surface area contributed by atoms with Gasteiger partial charge in [-0.2, -0.15) is 11.8 Å². The zero-order valence-corrected chi connectivity index (χ0v) is 8.21. The molecular weight excluding hydrogens is 154 g/mol. The molecule has 11 heavy (non-hydrogen) atoms. The van der Waals surface area contributed by atoms with Gasteiger partial charge >= 0.3 is 0 Å². The van der Waals surface area contributed by atoms with Gasteiger partial charge in [-0.3, -0.25) is 0 Å². The van der Waals surface area contributed by atoms with E-state index in [0.29, 0.717) is 0 Å². The van der Waals surface area contributed by atoms with Crippen LogP contribution in [0, 0.1) is 0 Å². The summed E-state index contributed by atoms with van der Waals surface area (Å²) in [6.45, 7) is 5.34. The van der Waals surface area contributed by atoms with Crippen molar-refractivity contribution in [1.82, 2.24) is 5.32 Å². The van der Waals surface area contributed by atoms with Gasteiger partial charge in [0.25, 0.3) is 0 Å². The minimum absolute atomic E-state index is 0.774. The van der Waals surface area contributed by atoms with Crippen LogP contribution in [0.2, 0.25) is 0 Å². The highest BCUT2D eigenvalue weighted by Gasteiger charge is 2.12. The Morgan fingerprint density at radius 2 is 2.45 bits per heavy atom. The summed E-state index contributed by atoms with van der Waals surface area (Å²) in [6, 6.07) is 0.774. The van der Waals surface area contributed by atoms with Crippen LogP contribution in [0.1, 0.15) is 20.3 Å². The molecule has 0 spiro atoms. The lowest BCUT2D eigenvalue weighted by atomic mass is 10.2. The van der Waals surface area contributed by atoms with Crippen molar-refractivity contribution in [2.75, 3.05) is 18.1 Å². The molecule has 0 aromatic rings. The van der Waals surface area contributed by atoms with Gasteiger partial charge in [0.15, 0.2) is 0 Å². The molecule has 2 heteroatoms. The first kappa shape index (κ1) is 9.14. The Kier molecular flexibility index (Phi) is 4.02. The van der Waals surface area contributed by atoms with Gasteiger partial charge in [0, 0.05) is 18.3 Å². The maximum atomic E-state index is 3.52. The number of nitrogens with one attached hydrogen (secondary N) is 1. The summed E-state index contributed by atoms with van der Waals surface area (Å²) in [4.78, 5) is 0. The van der Waals surface area contributed by atoms with Crippen molar-refractivity contribution in [3.05, 3.63) is 11.6 Å². The molecule has 1 N–H and O–H groups in total. The minimum atomic E-state index is 0.774. The van der Waals surface area contributed by atoms with E-state index in [9.17, 15) is 0 Å². The maximum Gasteiger partial charge on any atom is 0.0169 e. The van der Waals surface area contributed by atoms with Gasteiger partial charge in [0.1, 0.15) is 0 Å². The molecule has 0 bridgehead atoms. The van der Waals surface area contributed by atoms with Crippen molar-refractivity contribution in [3.8, 4) is 0 Å². The predicted octanol–water partition coefficient (Wildman–Crippen LogP) is 2.05. The van der Waals surface area contributed by atoms with E-state index in [1.54, 1.807) is 0 Å². The molecule has 1 unspecified atom stereocenters. The first-order valence-electron chi connectivity index (χ1n) is 4.23. The summed E-state index contributed by atoms with van der Waals surface area (Å²) >= 11 is 2.06. The zero-order chi connectivity index (χ0) is 8.10. The second kappa shape index (κ2) is 4.83. The van der Waals surface area contributed by atoms with Gasteiger partial charge in [0.05, 0.1) is 0 Å². The number of hydrogen-bond acceptors (Lipinski definition) is 2. The zero-order valence-electron chi connectivity index (χ0n) is 7.39. The molecule has 1 fully saturated rings. The molecule has 1 aliphatic heterocycles. The molecule has 1 heterocycles. The summed E-state index contributed by atoms with van der Waals surface area (Å²) < 4.78 is 0. The third-order valence-electron chi connectivity index (χ3n) is 1.85. The van der Waals surface area contributed by atoms with Crippen molar-refractivity contribution in [1.29, 1.82) is 0 Å². The fraction of sp³-hybridized carbons (Fsp3) is 0.778. The fourth-order valence-electron chi connectivity index (χ4n) is 1.13. The molecule has 1 saturated heterocycles. The van der Waals surface area contributed by atoms with E-state index in [-0.39, 0.29) is 0 Å². The van der Waals surface area contributed by atoms with Crippen LogP contribution in [0.25, 0.3) is 0 Å². The van der Waals surface area contributed by atoms with Crippen LogP contribution < -0.4 is 5.32 Å². The smallest absolute Gasteiger partial charge is 0.0169 e. The minimum Gasteiger partial charge on any atom is -0.310 e. The number of thioether (sulfide) groups is 1. The normalized spacial score (nSPS) is 23.6. The van der Waals surface area contributed by atoms with Crippen LogP contribution in [0.3, 0.4) is 0 Å². The Balaban J connectivity index is 2.07. The first-order chi connectivity index (χ1) is 5.29. The van der Waals surface area contributed by atoms with Crippen molar-refractivity contribution >= 4 is 11.8 Å². The van der Waals surface area contributed by atoms with Gasteiger partial charge in [0.2, 0.25) is 0 Å². The van der Waals surface area contributed by atoms with E-state index >= 15 is 0 Å². The first-order valence-corrected chi connectivity index (χ1v) is 5.39. The predicted molar refractivity (Wildman–Crippen MR) is 53.2 cm³/mol. The molecule has 0 aliphatic carbocycles. The van der Waals surface area contributed by atoms with E-state index < -0.39 is 0 Å². The maximum absolute atomic E-state index is 3.52. The molecule has 64 valence electrons. The van der Waals surface area contributed by atoms with E-state index in [0.717, 1.165) is 12.6 Å². The van der Waals surface area contributed by atoms with E-state index in [2.05, 4.69) is 37.0 Å². The summed E-state index contributed by atoms with van der Waals surface area (Å²) in [5.41, 5.74) is 1.41. The average molecular weight is 171 g/mol. The lowest BCUT2D eigenvalue weighted by molar-refractivity contribution is 0.594. The van der Waals surface area contributed by atoms with Gasteiger partial charge in [-0.25, -0.2) is 0 Å². The molecule has 0 aromatic carbocycles. The second-order valence-electron chi connectivity index (χ2n) is 3.25. The summed E-state index contributed by atoms with van der Waals surface area (Å²) in [5, 5.41) is 3.52. The standard InChI is InChI=1S/C9H17NS/c1-8(2)3-5-10-9-4-6-11-7-9/h3,9-10H,4-7H2,1-2H3. The fourth-order valence-corrected chi connectivity index (χ4v) is 2.31. The Bertz CT molecular complexity index is 132. The van der Waals surface area contributed by atoms with Crippen LogP contribution in [-0.4, -0.2) is 24.1 Å². The van der Waals surface area contributed by atoms with Crippen molar-refractivity contribution in [2.45, 2.75) is 26.3 Å². The van der Waals surface area contributed by atoms with Crippen LogP contribution >= 0.6 is 11.8 Å². The summed E-state index contributed by atoms with van der Waals surface area (Å²) in [7, 11) is 0. The van der Waals surface area contributed by atoms with Crippen LogP contribution in [0.15, 0.2) is 11.6 Å². The van der Waals surface area contributed by atoms with Gasteiger partial charge < -0.3 is 5.32 Å². The topological polar surface area (TPSA) is 12.0 Å². The highest BCUT2D eigenvalue weighted by molar-refractivity contribution is 7.99. The Morgan fingerprint density at radius 1 is 1.64 bits per heavy atom. The highest BCUT2D eigenvalue weighted by Crippen LogP contribution is 2.16. The van der Waals surface area contributed by atoms with E-state index in [1.165, 1.54) is 23.5 Å². The lowest BCUT2D eigenvalue weighted by Gasteiger charge is -2.07. The summed E-state index contributed by atoms with van der Waals surface area (Å²) in [6.07, 6.45) is 3.60. The number of hydrogen-bond donors (Lipinski definition) is 1. The Morgan fingerprint density at radius 3 is 3.00 bits per heavy atom. The Labute approximate surface area is 73.6 Å². The second-order valence-corrected chi connectivity index (χ2v) is 4.40. The molecule has 1 atom stereocenters. The largest absolute Gasteiger partial charge is 0.310 e. The van der Waals surface area contributed by atoms with Crippen LogP contribution in [-0.2, 0) is 0 Å². The number of allylic oxidation sites excluding steroid dienone is 1. The molecular formula is C9H17NS. The van der Waals surface area contributed by atoms with Gasteiger partial charge in [-0.05, 0) is 26.0 Å². The third kappa shape index (κ3) is 3.82.